The number of carbonyl (C=O) groups is 3. The van der Waals surface area contributed by atoms with E-state index < -0.39 is 103 Å². The Morgan fingerprint density at radius 3 is 2.21 bits per heavy atom. The van der Waals surface area contributed by atoms with Gasteiger partial charge in [0.2, 0.25) is 0 Å². The molecule has 3 fully saturated rings. The average molecular weight is 826 g/mol. The molecule has 0 unspecified atom stereocenters. The first-order valence-electron chi connectivity index (χ1n) is 18.5. The molecule has 8 N–H and O–H groups in total. The predicted molar refractivity (Wildman–Crippen MR) is 196 cm³/mol. The van der Waals surface area contributed by atoms with E-state index in [2.05, 4.69) is 0 Å². The first-order chi connectivity index (χ1) is 26.6. The van der Waals surface area contributed by atoms with E-state index in [-0.39, 0.29) is 82.3 Å². The zero-order valence-electron chi connectivity index (χ0n) is 32.1. The summed E-state index contributed by atoms with van der Waals surface area (Å²) in [5.74, 6) is -6.58. The van der Waals surface area contributed by atoms with E-state index in [1.54, 1.807) is 74.6 Å². The second-order valence-electron chi connectivity index (χ2n) is 14.2. The van der Waals surface area contributed by atoms with Gasteiger partial charge in [0, 0.05) is 38.2 Å². The molecule has 308 valence electrons. The number of esters is 1. The Labute approximate surface area is 373 Å². The zero-order valence-corrected chi connectivity index (χ0v) is 35.3. The summed E-state index contributed by atoms with van der Waals surface area (Å²) in [4.78, 5) is 34.5. The second kappa shape index (κ2) is 23.4. The summed E-state index contributed by atoms with van der Waals surface area (Å²) in [6, 6.07) is 6.99. The van der Waals surface area contributed by atoms with Crippen LogP contribution in [0.4, 0.5) is 0 Å². The van der Waals surface area contributed by atoms with Gasteiger partial charge in [-0.2, -0.15) is 0 Å². The Morgan fingerprint density at radius 1 is 0.895 bits per heavy atom. The number of rotatable bonds is 4. The van der Waals surface area contributed by atoms with Crippen molar-refractivity contribution in [1.82, 2.24) is 0 Å². The minimum absolute atomic E-state index is 0. The summed E-state index contributed by atoms with van der Waals surface area (Å²) in [5.41, 5.74) is 6.19. The first kappa shape index (κ1) is 48.9. The molecular weight excluding hydrogens is 774 g/mol. The van der Waals surface area contributed by atoms with Crippen LogP contribution in [0, 0.1) is 5.92 Å². The van der Waals surface area contributed by atoms with Crippen molar-refractivity contribution in [1.29, 1.82) is 0 Å². The summed E-state index contributed by atoms with van der Waals surface area (Å²) in [5, 5.41) is 74.0. The van der Waals surface area contributed by atoms with E-state index in [9.17, 15) is 50.1 Å². The molecule has 1 aromatic carbocycles. The van der Waals surface area contributed by atoms with Gasteiger partial charge in [-0.05, 0) is 25.5 Å². The van der Waals surface area contributed by atoms with Gasteiger partial charge in [0.25, 0.3) is 0 Å². The molecule has 0 amide bonds. The topological polar surface area (TPSA) is 271 Å². The number of hydrogen-bond acceptors (Lipinski definition) is 15. The second-order valence-corrected chi connectivity index (χ2v) is 14.2. The fraction of sp³-hybridized carbons (Fsp3) is 0.525. The fourth-order valence-corrected chi connectivity index (χ4v) is 6.58. The van der Waals surface area contributed by atoms with E-state index in [0.717, 1.165) is 0 Å². The molecule has 4 aliphatic rings. The summed E-state index contributed by atoms with van der Waals surface area (Å²) >= 11 is 0. The number of allylic oxidation sites excluding steroid dienone is 6. The average Bonchev–Trinajstić information content (AvgIpc) is 3.87. The normalized spacial score (nSPS) is 40.4. The van der Waals surface area contributed by atoms with Crippen LogP contribution in [0.5, 0.6) is 0 Å². The molecule has 2 bridgehead atoms. The van der Waals surface area contributed by atoms with Crippen molar-refractivity contribution >= 4 is 17.9 Å². The minimum atomic E-state index is -2.10. The van der Waals surface area contributed by atoms with E-state index in [4.69, 9.17) is 29.4 Å². The van der Waals surface area contributed by atoms with Crippen molar-refractivity contribution in [3.8, 4) is 0 Å². The van der Waals surface area contributed by atoms with E-state index in [0.29, 0.717) is 6.42 Å². The molecule has 17 heteroatoms. The number of hydrogen-bond donors (Lipinski definition) is 7. The van der Waals surface area contributed by atoms with E-state index >= 15 is 0 Å². The van der Waals surface area contributed by atoms with E-state index in [1.165, 1.54) is 24.3 Å². The van der Waals surface area contributed by atoms with Gasteiger partial charge < -0.3 is 70.0 Å². The van der Waals surface area contributed by atoms with Gasteiger partial charge in [0.05, 0.1) is 54.7 Å². The number of carboxylic acid groups (broad SMARTS) is 2. The summed E-state index contributed by atoms with van der Waals surface area (Å²) in [6.45, 7) is 3.34. The van der Waals surface area contributed by atoms with Crippen LogP contribution >= 0.6 is 0 Å². The number of cyclic esters (lactones) is 1. The van der Waals surface area contributed by atoms with Crippen LogP contribution in [-0.2, 0) is 33.3 Å². The molecule has 57 heavy (non-hydrogen) atoms. The summed E-state index contributed by atoms with van der Waals surface area (Å²) < 4.78 is 28.5. The summed E-state index contributed by atoms with van der Waals surface area (Å²) in [6.07, 6.45) is 5.25. The van der Waals surface area contributed by atoms with Gasteiger partial charge in [-0.1, -0.05) is 78.9 Å². The van der Waals surface area contributed by atoms with Crippen molar-refractivity contribution in [2.24, 2.45) is 11.7 Å². The number of aromatic carboxylic acids is 1. The number of fused-ring (bicyclic) bond motifs is 3. The molecular formula is C40H52KNO15. The standard InChI is InChI=1S/C33H47NO13.C7H6O2.K/c1-18-10-8-6-4-3-5-7-9-11-21(45-32-30(39)28(34)29(38)19(2)44-32)15-25-27(31(40)41)22(36)17-33(42,47-25)16-20(35)14-24-23(46-24)12-13-26(37)43-18;8-7(9)6-4-2-1-3-5-6;/h3-9,11-13,18-25,27-30,32,35-36,38-39,42H,10,14-17,34H2,1-2H3,(H,40,41);1-5H,(H,8,9);/q;;+1/p-1/b4-3+,7-5+,8-6+,11-9+,13-12+;;/t18-,19-,20+,21+,22+,23-,24-,25+,27-,28+,29-,30+,32+,33-;;/m1../s1. The van der Waals surface area contributed by atoms with Gasteiger partial charge in [0.1, 0.15) is 24.2 Å². The molecule has 0 aliphatic carbocycles. The SMILES string of the molecule is C[C@@H]1C/C=C/C=C/C=C/C=C/[C@H](O[C@@H]2O[C@H](C)[C@@H](O)[C@H](N)[C@@H]2O)C[C@@H]2O[C@](O)(C[C@@H](O)C[C@H]3O[C@@H]3/C=C/C(=O)O1)C[C@H](O)[C@H]2C(=O)O.O=C([O-])c1ccccc1.[K+]. The molecule has 4 aliphatic heterocycles. The molecule has 0 radical (unpaired) electrons. The Hall–Kier alpha value is -2.43. The summed E-state index contributed by atoms with van der Waals surface area (Å²) in [7, 11) is 0. The van der Waals surface area contributed by atoms with Gasteiger partial charge in [0.15, 0.2) is 12.1 Å². The Balaban J connectivity index is 0.000000765. The number of aliphatic carboxylic acids is 1. The largest absolute Gasteiger partial charge is 1.00 e. The maximum Gasteiger partial charge on any atom is 1.00 e. The minimum Gasteiger partial charge on any atom is -0.545 e. The van der Waals surface area contributed by atoms with Crippen LogP contribution in [0.3, 0.4) is 0 Å². The third kappa shape index (κ3) is 15.6. The third-order valence-corrected chi connectivity index (χ3v) is 9.58. The Bertz CT molecular complexity index is 1600. The van der Waals surface area contributed by atoms with Crippen molar-refractivity contribution in [2.75, 3.05) is 0 Å². The van der Waals surface area contributed by atoms with E-state index in [1.807, 2.05) is 6.08 Å². The number of benzene rings is 1. The number of aliphatic hydroxyl groups is 5. The van der Waals surface area contributed by atoms with Crippen LogP contribution in [0.15, 0.2) is 91.1 Å². The monoisotopic (exact) mass is 825 g/mol. The van der Waals surface area contributed by atoms with Crippen LogP contribution in [0.25, 0.3) is 0 Å². The maximum atomic E-state index is 12.3. The maximum absolute atomic E-state index is 12.3. The third-order valence-electron chi connectivity index (χ3n) is 9.58. The molecule has 16 nitrogen and oxygen atoms in total. The van der Waals surface area contributed by atoms with Gasteiger partial charge in [-0.15, -0.1) is 0 Å². The first-order valence-corrected chi connectivity index (χ1v) is 18.5. The number of epoxide rings is 1. The van der Waals surface area contributed by atoms with Gasteiger partial charge >= 0.3 is 63.3 Å². The van der Waals surface area contributed by atoms with Gasteiger partial charge in [-0.25, -0.2) is 4.79 Å². The zero-order chi connectivity index (χ0) is 41.0. The number of nitrogens with two attached hydrogens (primary N) is 1. The molecule has 0 saturated carbocycles. The van der Waals surface area contributed by atoms with Crippen molar-refractivity contribution in [2.45, 2.75) is 125 Å². The number of carbonyl (C=O) groups excluding carboxylic acids is 2. The molecule has 0 aromatic heterocycles. The quantitative estimate of drug-likeness (QED) is 0.0917. The molecule has 5 rings (SSSR count). The smallest absolute Gasteiger partial charge is 0.545 e. The van der Waals surface area contributed by atoms with Crippen molar-refractivity contribution in [3.63, 3.8) is 0 Å². The predicted octanol–water partition coefficient (Wildman–Crippen LogP) is -2.83. The Morgan fingerprint density at radius 2 is 1.56 bits per heavy atom. The molecule has 1 aromatic rings. The van der Waals surface area contributed by atoms with Gasteiger partial charge in [-0.3, -0.25) is 4.79 Å². The van der Waals surface area contributed by atoms with Crippen LogP contribution in [0.1, 0.15) is 56.3 Å². The van der Waals surface area contributed by atoms with Crippen LogP contribution < -0.4 is 62.2 Å². The fourth-order valence-electron chi connectivity index (χ4n) is 6.58. The van der Waals surface area contributed by atoms with Crippen LogP contribution in [-0.4, -0.2) is 128 Å². The number of aliphatic hydroxyl groups excluding tert-OH is 4. The molecule has 0 spiro atoms. The molecule has 4 heterocycles. The Kier molecular flexibility index (Phi) is 20.1. The van der Waals surface area contributed by atoms with Crippen LogP contribution in [0.2, 0.25) is 0 Å². The number of ether oxygens (including phenoxy) is 5. The molecule has 3 saturated heterocycles. The molecule has 14 atom stereocenters. The van der Waals surface area contributed by atoms with Crippen molar-refractivity contribution in [3.05, 3.63) is 96.7 Å². The van der Waals surface area contributed by atoms with Crippen molar-refractivity contribution < 1.29 is 125 Å². The number of carboxylic acids is 2.